The fourth-order valence-electron chi connectivity index (χ4n) is 4.60. The quantitative estimate of drug-likeness (QED) is 0.476. The van der Waals surface area contributed by atoms with Crippen LogP contribution in [0.2, 0.25) is 5.02 Å². The fraction of sp³-hybridized carbons (Fsp3) is 0.435. The number of hydrogen-bond acceptors (Lipinski definition) is 6. The van der Waals surface area contributed by atoms with E-state index in [0.717, 1.165) is 29.7 Å². The molecule has 2 aromatic carbocycles. The third-order valence-electron chi connectivity index (χ3n) is 6.60. The van der Waals surface area contributed by atoms with E-state index in [1.54, 1.807) is 6.07 Å². The Labute approximate surface area is 209 Å². The number of sulfonamides is 2. The fourth-order valence-corrected chi connectivity index (χ4v) is 7.30. The predicted molar refractivity (Wildman–Crippen MR) is 132 cm³/mol. The van der Waals surface area contributed by atoms with Crippen LogP contribution < -0.4 is 4.72 Å². The van der Waals surface area contributed by atoms with E-state index in [9.17, 15) is 16.8 Å². The van der Waals surface area contributed by atoms with Crippen molar-refractivity contribution in [1.29, 1.82) is 0 Å². The van der Waals surface area contributed by atoms with Crippen molar-refractivity contribution in [2.24, 2.45) is 0 Å². The molecule has 5 rings (SSSR count). The monoisotopic (exact) mass is 538 g/mol. The molecule has 0 radical (unpaired) electrons. The largest absolute Gasteiger partial charge is 0.377 e. The lowest BCUT2D eigenvalue weighted by Gasteiger charge is -2.30. The van der Waals surface area contributed by atoms with Gasteiger partial charge in [-0.25, -0.2) is 26.5 Å². The van der Waals surface area contributed by atoms with E-state index < -0.39 is 20.0 Å². The minimum atomic E-state index is -3.74. The third-order valence-corrected chi connectivity index (χ3v) is 10.2. The highest BCUT2D eigenvalue weighted by Crippen LogP contribution is 2.31. The molecule has 2 fully saturated rings. The van der Waals surface area contributed by atoms with E-state index >= 15 is 0 Å². The van der Waals surface area contributed by atoms with Gasteiger partial charge in [0.2, 0.25) is 20.0 Å². The molecular formula is C23H27ClN4O5S2. The van der Waals surface area contributed by atoms with Crippen LogP contribution in [0.15, 0.2) is 52.3 Å². The van der Waals surface area contributed by atoms with E-state index in [-0.39, 0.29) is 28.4 Å². The van der Waals surface area contributed by atoms with E-state index in [1.165, 1.54) is 28.6 Å². The minimum absolute atomic E-state index is 0.0261. The molecule has 188 valence electrons. The lowest BCUT2D eigenvalue weighted by atomic mass is 9.97. The van der Waals surface area contributed by atoms with Crippen LogP contribution >= 0.6 is 11.6 Å². The van der Waals surface area contributed by atoms with Crippen LogP contribution in [0.3, 0.4) is 0 Å². The molecule has 0 aliphatic carbocycles. The number of rotatable bonds is 7. The van der Waals surface area contributed by atoms with Crippen molar-refractivity contribution in [2.75, 3.05) is 26.2 Å². The predicted octanol–water partition coefficient (Wildman–Crippen LogP) is 3.24. The molecule has 2 saturated heterocycles. The van der Waals surface area contributed by atoms with Crippen LogP contribution in [0, 0.1) is 0 Å². The summed E-state index contributed by atoms with van der Waals surface area (Å²) in [5.74, 6) is 0.958. The molecule has 3 heterocycles. The van der Waals surface area contributed by atoms with Crippen LogP contribution in [0.5, 0.6) is 0 Å². The van der Waals surface area contributed by atoms with Gasteiger partial charge in [0.25, 0.3) is 0 Å². The highest BCUT2D eigenvalue weighted by Gasteiger charge is 2.31. The number of aromatic nitrogens is 2. The van der Waals surface area contributed by atoms with Gasteiger partial charge in [0, 0.05) is 37.2 Å². The zero-order valence-corrected chi connectivity index (χ0v) is 21.4. The highest BCUT2D eigenvalue weighted by molar-refractivity contribution is 7.89. The van der Waals surface area contributed by atoms with Crippen molar-refractivity contribution in [3.8, 4) is 0 Å². The number of hydrogen-bond donors (Lipinski definition) is 2. The van der Waals surface area contributed by atoms with Crippen LogP contribution in [-0.2, 0) is 24.8 Å². The highest BCUT2D eigenvalue weighted by atomic mass is 35.5. The Balaban J connectivity index is 1.23. The summed E-state index contributed by atoms with van der Waals surface area (Å²) < 4.78 is 60.9. The van der Waals surface area contributed by atoms with Gasteiger partial charge in [0.1, 0.15) is 5.82 Å². The van der Waals surface area contributed by atoms with Gasteiger partial charge < -0.3 is 9.72 Å². The number of piperidine rings is 1. The number of nitrogens with zero attached hydrogens (tertiary/aromatic N) is 2. The first kappa shape index (κ1) is 24.7. The van der Waals surface area contributed by atoms with Crippen molar-refractivity contribution in [1.82, 2.24) is 19.0 Å². The summed E-state index contributed by atoms with van der Waals surface area (Å²) in [6.45, 7) is 1.56. The molecule has 1 atom stereocenters. The summed E-state index contributed by atoms with van der Waals surface area (Å²) >= 11 is 6.06. The normalized spacial score (nSPS) is 20.5. The number of aromatic amines is 1. The Morgan fingerprint density at radius 1 is 1.03 bits per heavy atom. The molecule has 12 heteroatoms. The Morgan fingerprint density at radius 2 is 1.74 bits per heavy atom. The number of benzene rings is 2. The molecule has 0 saturated carbocycles. The van der Waals surface area contributed by atoms with Gasteiger partial charge in [-0.2, -0.15) is 4.31 Å². The summed E-state index contributed by atoms with van der Waals surface area (Å²) in [6.07, 6.45) is 2.88. The second kappa shape index (κ2) is 9.79. The summed E-state index contributed by atoms with van der Waals surface area (Å²) in [6, 6.07) is 10.8. The first-order valence-electron chi connectivity index (χ1n) is 11.6. The van der Waals surface area contributed by atoms with Crippen LogP contribution in [-0.4, -0.2) is 63.5 Å². The van der Waals surface area contributed by atoms with Crippen molar-refractivity contribution in [3.63, 3.8) is 0 Å². The maximum absolute atomic E-state index is 13.2. The zero-order valence-electron chi connectivity index (χ0n) is 19.0. The molecule has 1 unspecified atom stereocenters. The van der Waals surface area contributed by atoms with Crippen molar-refractivity contribution in [2.45, 2.75) is 47.5 Å². The average molecular weight is 539 g/mol. The summed E-state index contributed by atoms with van der Waals surface area (Å²) in [5.41, 5.74) is 1.70. The molecular weight excluding hydrogens is 512 g/mol. The first-order chi connectivity index (χ1) is 16.7. The Morgan fingerprint density at radius 3 is 2.43 bits per heavy atom. The molecule has 2 N–H and O–H groups in total. The molecule has 1 aromatic heterocycles. The van der Waals surface area contributed by atoms with Gasteiger partial charge in [0.15, 0.2) is 0 Å². The Kier molecular flexibility index (Phi) is 6.90. The van der Waals surface area contributed by atoms with E-state index in [2.05, 4.69) is 14.7 Å². The van der Waals surface area contributed by atoms with E-state index in [1.807, 2.05) is 12.1 Å². The van der Waals surface area contributed by atoms with Gasteiger partial charge in [-0.05, 0) is 68.1 Å². The third kappa shape index (κ3) is 5.25. The maximum atomic E-state index is 13.2. The average Bonchev–Trinajstić information content (AvgIpc) is 3.53. The number of imidazole rings is 1. The van der Waals surface area contributed by atoms with Gasteiger partial charge in [-0.3, -0.25) is 0 Å². The zero-order chi connectivity index (χ0) is 24.6. The molecule has 2 aliphatic heterocycles. The Bertz CT molecular complexity index is 1410. The molecule has 0 amide bonds. The lowest BCUT2D eigenvalue weighted by molar-refractivity contribution is 0.114. The van der Waals surface area contributed by atoms with Gasteiger partial charge >= 0.3 is 0 Å². The SMILES string of the molecule is O=S(=O)(NCC1CCCO1)c1ccc(S(=O)(=O)N2CCC(c3nc4ccc(Cl)cc4[nH]3)CC2)cc1. The van der Waals surface area contributed by atoms with Gasteiger partial charge in [-0.15, -0.1) is 0 Å². The molecule has 35 heavy (non-hydrogen) atoms. The molecule has 0 bridgehead atoms. The molecule has 0 spiro atoms. The summed E-state index contributed by atoms with van der Waals surface area (Å²) in [5, 5.41) is 0.631. The second-order valence-corrected chi connectivity index (χ2v) is 13.1. The van der Waals surface area contributed by atoms with Crippen molar-refractivity contribution in [3.05, 3.63) is 53.3 Å². The smallest absolute Gasteiger partial charge is 0.243 e. The lowest BCUT2D eigenvalue weighted by Crippen LogP contribution is -2.38. The summed E-state index contributed by atoms with van der Waals surface area (Å²) in [4.78, 5) is 8.05. The molecule has 2 aliphatic rings. The van der Waals surface area contributed by atoms with Crippen LogP contribution in [0.4, 0.5) is 0 Å². The number of fused-ring (bicyclic) bond motifs is 1. The van der Waals surface area contributed by atoms with Crippen molar-refractivity contribution >= 4 is 42.7 Å². The van der Waals surface area contributed by atoms with E-state index in [0.29, 0.717) is 37.6 Å². The number of halogens is 1. The minimum Gasteiger partial charge on any atom is -0.377 e. The molecule has 9 nitrogen and oxygen atoms in total. The summed E-state index contributed by atoms with van der Waals surface area (Å²) in [7, 11) is -7.48. The van der Waals surface area contributed by atoms with Gasteiger partial charge in [0.05, 0.1) is 26.9 Å². The van der Waals surface area contributed by atoms with Crippen molar-refractivity contribution < 1.29 is 21.6 Å². The topological polar surface area (TPSA) is 121 Å². The number of nitrogens with one attached hydrogen (secondary N) is 2. The van der Waals surface area contributed by atoms with Gasteiger partial charge in [-0.1, -0.05) is 11.6 Å². The van der Waals surface area contributed by atoms with Crippen LogP contribution in [0.25, 0.3) is 11.0 Å². The van der Waals surface area contributed by atoms with Crippen LogP contribution in [0.1, 0.15) is 37.4 Å². The maximum Gasteiger partial charge on any atom is 0.243 e. The Hall–Kier alpha value is -2.02. The standard InChI is InChI=1S/C23H27ClN4O5S2/c24-17-3-8-21-22(14-17)27-23(26-21)16-9-11-28(12-10-16)35(31,32)20-6-4-19(5-7-20)34(29,30)25-15-18-2-1-13-33-18/h3-8,14,16,18,25H,1-2,9-13,15H2,(H,26,27). The first-order valence-corrected chi connectivity index (χ1v) is 14.9. The number of ether oxygens (including phenoxy) is 1. The molecule has 3 aromatic rings. The van der Waals surface area contributed by atoms with E-state index in [4.69, 9.17) is 16.3 Å². The second-order valence-electron chi connectivity index (χ2n) is 8.92. The number of H-pyrrole nitrogens is 1.